The van der Waals surface area contributed by atoms with E-state index in [0.717, 1.165) is 44.6 Å². The molecule has 0 radical (unpaired) electrons. The first-order valence-electron chi connectivity index (χ1n) is 12.4. The van der Waals surface area contributed by atoms with E-state index in [2.05, 4.69) is 27.2 Å². The molecule has 0 aliphatic carbocycles. The maximum absolute atomic E-state index is 13.6. The molecule has 0 atom stereocenters. The molecule has 0 fully saturated rings. The van der Waals surface area contributed by atoms with Crippen molar-refractivity contribution in [2.45, 2.75) is 32.6 Å². The van der Waals surface area contributed by atoms with Gasteiger partial charge in [0.2, 0.25) is 0 Å². The summed E-state index contributed by atoms with van der Waals surface area (Å²) in [5.41, 5.74) is 8.02. The molecule has 1 amide bonds. The summed E-state index contributed by atoms with van der Waals surface area (Å²) in [4.78, 5) is 23.1. The highest BCUT2D eigenvalue weighted by molar-refractivity contribution is 7.93. The zero-order valence-corrected chi connectivity index (χ0v) is 23.3. The van der Waals surface area contributed by atoms with E-state index in [1.54, 1.807) is 18.2 Å². The molecule has 3 aromatic carbocycles. The van der Waals surface area contributed by atoms with Gasteiger partial charge in [-0.1, -0.05) is 48.0 Å². The maximum atomic E-state index is 13.6. The quantitative estimate of drug-likeness (QED) is 0.176. The third-order valence-electron chi connectivity index (χ3n) is 6.42. The second kappa shape index (κ2) is 11.5. The highest BCUT2D eigenvalue weighted by atomic mass is 32.2. The van der Waals surface area contributed by atoms with Crippen molar-refractivity contribution in [3.8, 4) is 5.69 Å². The summed E-state index contributed by atoms with van der Waals surface area (Å²) in [7, 11) is -4.47. The molecular formula is C29H29N5O5S. The molecule has 10 nitrogen and oxygen atoms in total. The van der Waals surface area contributed by atoms with Crippen LogP contribution < -0.4 is 9.73 Å². The third-order valence-corrected chi connectivity index (χ3v) is 8.24. The third kappa shape index (κ3) is 5.79. The summed E-state index contributed by atoms with van der Waals surface area (Å²) in [5.74, 6) is -0.717. The number of hydrogen-bond donors (Lipinski definition) is 1. The van der Waals surface area contributed by atoms with Crippen LogP contribution in [-0.2, 0) is 14.8 Å². The minimum absolute atomic E-state index is 0.178. The Balaban J connectivity index is 1.58. The zero-order chi connectivity index (χ0) is 29.0. The molecule has 1 N–H and O–H groups in total. The average Bonchev–Trinajstić information content (AvgIpc) is 3.20. The number of aryl methyl sites for hydroxylation is 3. The van der Waals surface area contributed by atoms with Crippen LogP contribution in [-0.4, -0.2) is 36.6 Å². The number of aromatic nitrogens is 1. The van der Waals surface area contributed by atoms with Crippen LogP contribution in [0.4, 0.5) is 11.4 Å². The summed E-state index contributed by atoms with van der Waals surface area (Å²) in [6, 6.07) is 21.1. The van der Waals surface area contributed by atoms with E-state index in [4.69, 9.17) is 0 Å². The van der Waals surface area contributed by atoms with E-state index in [-0.39, 0.29) is 5.69 Å². The van der Waals surface area contributed by atoms with Crippen LogP contribution in [0.5, 0.6) is 0 Å². The Kier molecular flexibility index (Phi) is 8.15. The molecule has 11 heteroatoms. The monoisotopic (exact) mass is 559 g/mol. The second-order valence-electron chi connectivity index (χ2n) is 9.32. The number of carbonyl (C=O) groups excluding carboxylic acids is 1. The lowest BCUT2D eigenvalue weighted by molar-refractivity contribution is -0.387. The van der Waals surface area contributed by atoms with Crippen molar-refractivity contribution >= 4 is 33.5 Å². The molecular weight excluding hydrogens is 530 g/mol. The Morgan fingerprint density at radius 3 is 2.35 bits per heavy atom. The van der Waals surface area contributed by atoms with Gasteiger partial charge in [0, 0.05) is 28.7 Å². The van der Waals surface area contributed by atoms with E-state index in [0.29, 0.717) is 0 Å². The highest BCUT2D eigenvalue weighted by Gasteiger charge is 2.33. The molecule has 0 spiro atoms. The van der Waals surface area contributed by atoms with Gasteiger partial charge in [0.1, 0.15) is 6.54 Å². The van der Waals surface area contributed by atoms with E-state index in [1.807, 2.05) is 39.8 Å². The fourth-order valence-electron chi connectivity index (χ4n) is 4.54. The van der Waals surface area contributed by atoms with E-state index in [1.165, 1.54) is 36.0 Å². The Labute approximate surface area is 232 Å². The largest absolute Gasteiger partial charge is 0.318 e. The van der Waals surface area contributed by atoms with E-state index >= 15 is 0 Å². The topological polar surface area (TPSA) is 127 Å². The van der Waals surface area contributed by atoms with Gasteiger partial charge in [-0.3, -0.25) is 19.2 Å². The Bertz CT molecular complexity index is 1710. The van der Waals surface area contributed by atoms with Crippen molar-refractivity contribution in [2.75, 3.05) is 10.8 Å². The number of benzene rings is 3. The number of nitrogens with zero attached hydrogens (tertiary/aromatic N) is 4. The number of para-hydroxylation sites is 2. The van der Waals surface area contributed by atoms with Crippen molar-refractivity contribution in [3.63, 3.8) is 0 Å². The van der Waals surface area contributed by atoms with Crippen LogP contribution in [0.2, 0.25) is 0 Å². The van der Waals surface area contributed by atoms with Crippen LogP contribution in [0.15, 0.2) is 88.9 Å². The molecule has 0 aliphatic rings. The van der Waals surface area contributed by atoms with Gasteiger partial charge in [0.25, 0.3) is 21.6 Å². The summed E-state index contributed by atoms with van der Waals surface area (Å²) < 4.78 is 30.0. The minimum atomic E-state index is -4.47. The number of anilines is 1. The van der Waals surface area contributed by atoms with Gasteiger partial charge < -0.3 is 4.57 Å². The number of hydrazone groups is 1. The number of nitro groups is 1. The zero-order valence-electron chi connectivity index (χ0n) is 22.5. The lowest BCUT2D eigenvalue weighted by Gasteiger charge is -2.23. The van der Waals surface area contributed by atoms with Crippen LogP contribution >= 0.6 is 0 Å². The van der Waals surface area contributed by atoms with Crippen molar-refractivity contribution in [2.24, 2.45) is 5.10 Å². The highest BCUT2D eigenvalue weighted by Crippen LogP contribution is 2.29. The van der Waals surface area contributed by atoms with Gasteiger partial charge in [0.15, 0.2) is 4.90 Å². The molecule has 0 saturated carbocycles. The van der Waals surface area contributed by atoms with Gasteiger partial charge in [-0.05, 0) is 63.6 Å². The smallest absolute Gasteiger partial charge is 0.289 e. The van der Waals surface area contributed by atoms with Gasteiger partial charge in [-0.2, -0.15) is 5.10 Å². The van der Waals surface area contributed by atoms with Crippen LogP contribution in [0, 0.1) is 37.8 Å². The fraction of sp³-hybridized carbons (Fsp3) is 0.172. The molecule has 0 unspecified atom stereocenters. The standard InChI is InChI=1S/C29H29N5O5S/c1-20-14-15-26(21(2)16-20)33-22(3)17-24(23(33)4)18-30-31-29(35)19-32(25-10-6-5-7-11-25)40(38,39)28-13-9-8-12-27(28)34(36)37/h5-18H,19H2,1-4H3,(H,31,35)/b30-18+. The van der Waals surface area contributed by atoms with E-state index in [9.17, 15) is 23.3 Å². The van der Waals surface area contributed by atoms with Crippen LogP contribution in [0.1, 0.15) is 28.1 Å². The van der Waals surface area contributed by atoms with Crippen molar-refractivity contribution in [1.29, 1.82) is 0 Å². The normalized spacial score (nSPS) is 11.5. The molecule has 1 heterocycles. The molecule has 4 rings (SSSR count). The lowest BCUT2D eigenvalue weighted by atomic mass is 10.1. The lowest BCUT2D eigenvalue weighted by Crippen LogP contribution is -2.39. The van der Waals surface area contributed by atoms with E-state index < -0.39 is 38.0 Å². The second-order valence-corrected chi connectivity index (χ2v) is 11.1. The van der Waals surface area contributed by atoms with Gasteiger partial charge in [-0.25, -0.2) is 13.8 Å². The molecule has 0 bridgehead atoms. The molecule has 0 aliphatic heterocycles. The predicted octanol–water partition coefficient (Wildman–Crippen LogP) is 4.96. The number of hydrogen-bond acceptors (Lipinski definition) is 6. The SMILES string of the molecule is Cc1ccc(-n2c(C)cc(/C=N/NC(=O)CN(c3ccccc3)S(=O)(=O)c3ccccc3[N+](=O)[O-])c2C)c(C)c1. The van der Waals surface area contributed by atoms with Crippen LogP contribution in [0.3, 0.4) is 0 Å². The summed E-state index contributed by atoms with van der Waals surface area (Å²) in [5, 5.41) is 15.6. The van der Waals surface area contributed by atoms with Gasteiger partial charge in [0.05, 0.1) is 16.8 Å². The molecule has 206 valence electrons. The molecule has 0 saturated heterocycles. The fourth-order valence-corrected chi connectivity index (χ4v) is 6.12. The number of nitro benzene ring substituents is 1. The molecule has 4 aromatic rings. The first kappa shape index (κ1) is 28.2. The van der Waals surface area contributed by atoms with Gasteiger partial charge in [-0.15, -0.1) is 0 Å². The minimum Gasteiger partial charge on any atom is -0.318 e. The number of nitrogens with one attached hydrogen (secondary N) is 1. The Hall–Kier alpha value is -4.77. The number of sulfonamides is 1. The summed E-state index contributed by atoms with van der Waals surface area (Å²) >= 11 is 0. The predicted molar refractivity (Wildman–Crippen MR) is 155 cm³/mol. The number of carbonyl (C=O) groups is 1. The van der Waals surface area contributed by atoms with Crippen molar-refractivity contribution in [3.05, 3.63) is 117 Å². The van der Waals surface area contributed by atoms with Gasteiger partial charge >= 0.3 is 0 Å². The summed E-state index contributed by atoms with van der Waals surface area (Å²) in [6.07, 6.45) is 1.50. The number of rotatable bonds is 9. The van der Waals surface area contributed by atoms with Crippen molar-refractivity contribution in [1.82, 2.24) is 9.99 Å². The first-order chi connectivity index (χ1) is 19.0. The number of amides is 1. The molecule has 40 heavy (non-hydrogen) atoms. The molecule has 1 aromatic heterocycles. The van der Waals surface area contributed by atoms with Crippen molar-refractivity contribution < 1.29 is 18.1 Å². The Morgan fingerprint density at radius 1 is 1.00 bits per heavy atom. The first-order valence-corrected chi connectivity index (χ1v) is 13.8. The average molecular weight is 560 g/mol. The van der Waals surface area contributed by atoms with Crippen LogP contribution in [0.25, 0.3) is 5.69 Å². The Morgan fingerprint density at radius 2 is 1.68 bits per heavy atom. The summed E-state index contributed by atoms with van der Waals surface area (Å²) in [6.45, 7) is 7.38. The maximum Gasteiger partial charge on any atom is 0.289 e.